The number of hydrogen-bond acceptors (Lipinski definition) is 6. The van der Waals surface area contributed by atoms with E-state index in [-0.39, 0.29) is 11.4 Å². The minimum absolute atomic E-state index is 0.0751. The fraction of sp³-hybridized carbons (Fsp3) is 0.182. The molecule has 2 rings (SSSR count). The lowest BCUT2D eigenvalue weighted by Crippen LogP contribution is -2.11. The summed E-state index contributed by atoms with van der Waals surface area (Å²) in [5.41, 5.74) is 3.85. The first-order valence-corrected chi connectivity index (χ1v) is 5.57. The summed E-state index contributed by atoms with van der Waals surface area (Å²) < 4.78 is 1.67. The second kappa shape index (κ2) is 5.36. The van der Waals surface area contributed by atoms with Gasteiger partial charge >= 0.3 is 5.69 Å². The summed E-state index contributed by atoms with van der Waals surface area (Å²) in [6.07, 6.45) is 3.54. The van der Waals surface area contributed by atoms with Crippen LogP contribution in [0.3, 0.4) is 0 Å². The number of nitrogens with two attached hydrogens (primary N) is 1. The molecule has 0 saturated heterocycles. The molecule has 0 atom stereocenters. The van der Waals surface area contributed by atoms with Crippen molar-refractivity contribution in [2.75, 3.05) is 10.7 Å². The van der Waals surface area contributed by atoms with E-state index in [1.54, 1.807) is 29.1 Å². The number of nitrogens with zero attached hydrogens (tertiary/aromatic N) is 3. The largest absolute Gasteiger partial charge is 0.375 e. The maximum absolute atomic E-state index is 11.1. The Bertz CT molecular complexity index is 595. The number of hydrogen-bond donors (Lipinski definition) is 3. The van der Waals surface area contributed by atoms with Gasteiger partial charge in [-0.05, 0) is 12.1 Å². The number of aryl methyl sites for hydroxylation is 1. The van der Waals surface area contributed by atoms with E-state index in [1.807, 2.05) is 13.2 Å². The standard InChI is InChI=1S/C11H14N6O2/c1-16-7-8(6-14-16)5-13-9-3-2-4-10(15-12)11(9)17(18)19/h2-4,6-7,13,15H,5,12H2,1H3. The highest BCUT2D eigenvalue weighted by molar-refractivity contribution is 5.75. The van der Waals surface area contributed by atoms with Crippen molar-refractivity contribution in [2.24, 2.45) is 12.9 Å². The van der Waals surface area contributed by atoms with Gasteiger partial charge < -0.3 is 10.7 Å². The summed E-state index contributed by atoms with van der Waals surface area (Å²) in [4.78, 5) is 10.6. The van der Waals surface area contributed by atoms with Gasteiger partial charge in [0.15, 0.2) is 0 Å². The van der Waals surface area contributed by atoms with E-state index in [0.717, 1.165) is 5.56 Å². The SMILES string of the molecule is Cn1cc(CNc2cccc(NN)c2[N+](=O)[O-])cn1. The van der Waals surface area contributed by atoms with E-state index >= 15 is 0 Å². The lowest BCUT2D eigenvalue weighted by molar-refractivity contribution is -0.383. The smallest absolute Gasteiger partial charge is 0.316 e. The van der Waals surface area contributed by atoms with Crippen LogP contribution >= 0.6 is 0 Å². The van der Waals surface area contributed by atoms with Crippen LogP contribution in [0, 0.1) is 10.1 Å². The molecule has 0 amide bonds. The van der Waals surface area contributed by atoms with Gasteiger partial charge in [0.05, 0.1) is 11.1 Å². The average molecular weight is 262 g/mol. The molecule has 8 nitrogen and oxygen atoms in total. The van der Waals surface area contributed by atoms with Crippen LogP contribution in [-0.2, 0) is 13.6 Å². The van der Waals surface area contributed by atoms with Gasteiger partial charge in [0, 0.05) is 25.4 Å². The van der Waals surface area contributed by atoms with Crippen molar-refractivity contribution in [3.8, 4) is 0 Å². The zero-order valence-corrected chi connectivity index (χ0v) is 10.3. The molecule has 0 saturated carbocycles. The zero-order valence-electron chi connectivity index (χ0n) is 10.3. The third-order valence-electron chi connectivity index (χ3n) is 2.62. The molecule has 0 aliphatic rings. The van der Waals surface area contributed by atoms with Gasteiger partial charge in [-0.25, -0.2) is 0 Å². The van der Waals surface area contributed by atoms with Crippen molar-refractivity contribution >= 4 is 17.1 Å². The van der Waals surface area contributed by atoms with E-state index in [9.17, 15) is 10.1 Å². The average Bonchev–Trinajstić information content (AvgIpc) is 2.81. The third-order valence-corrected chi connectivity index (χ3v) is 2.62. The number of para-hydroxylation sites is 1. The van der Waals surface area contributed by atoms with Crippen LogP contribution in [-0.4, -0.2) is 14.7 Å². The van der Waals surface area contributed by atoms with Gasteiger partial charge in [-0.15, -0.1) is 0 Å². The predicted octanol–water partition coefficient (Wildman–Crippen LogP) is 1.23. The van der Waals surface area contributed by atoms with E-state index in [0.29, 0.717) is 12.2 Å². The number of nitrogen functional groups attached to an aromatic ring is 1. The quantitative estimate of drug-likeness (QED) is 0.424. The summed E-state index contributed by atoms with van der Waals surface area (Å²) in [6.45, 7) is 0.447. The Morgan fingerprint density at radius 2 is 2.21 bits per heavy atom. The summed E-state index contributed by atoms with van der Waals surface area (Å²) >= 11 is 0. The Morgan fingerprint density at radius 3 is 2.79 bits per heavy atom. The highest BCUT2D eigenvalue weighted by Crippen LogP contribution is 2.32. The number of hydrazine groups is 1. The molecule has 0 fully saturated rings. The first kappa shape index (κ1) is 12.8. The Balaban J connectivity index is 2.22. The number of rotatable bonds is 5. The number of benzene rings is 1. The number of aromatic nitrogens is 2. The van der Waals surface area contributed by atoms with E-state index < -0.39 is 4.92 Å². The molecule has 0 spiro atoms. The topological polar surface area (TPSA) is 111 Å². The molecule has 1 heterocycles. The van der Waals surface area contributed by atoms with Crippen molar-refractivity contribution < 1.29 is 4.92 Å². The first-order chi connectivity index (χ1) is 9.11. The molecule has 100 valence electrons. The summed E-state index contributed by atoms with van der Waals surface area (Å²) in [5, 5.41) is 18.1. The predicted molar refractivity (Wildman–Crippen MR) is 71.4 cm³/mol. The minimum atomic E-state index is -0.471. The summed E-state index contributed by atoms with van der Waals surface area (Å²) in [6, 6.07) is 4.87. The molecule has 8 heteroatoms. The summed E-state index contributed by atoms with van der Waals surface area (Å²) in [7, 11) is 1.81. The molecule has 0 aliphatic heterocycles. The van der Waals surface area contributed by atoms with Crippen LogP contribution in [0.25, 0.3) is 0 Å². The van der Waals surface area contributed by atoms with Crippen molar-refractivity contribution in [3.05, 3.63) is 46.3 Å². The van der Waals surface area contributed by atoms with Crippen LogP contribution in [0.1, 0.15) is 5.56 Å². The normalized spacial score (nSPS) is 10.2. The van der Waals surface area contributed by atoms with Crippen molar-refractivity contribution in [2.45, 2.75) is 6.54 Å². The fourth-order valence-corrected chi connectivity index (χ4v) is 1.76. The van der Waals surface area contributed by atoms with Crippen LogP contribution in [0.4, 0.5) is 17.1 Å². The molecule has 19 heavy (non-hydrogen) atoms. The Hall–Kier alpha value is -2.61. The highest BCUT2D eigenvalue weighted by atomic mass is 16.6. The van der Waals surface area contributed by atoms with Crippen molar-refractivity contribution in [1.82, 2.24) is 9.78 Å². The van der Waals surface area contributed by atoms with Crippen LogP contribution < -0.4 is 16.6 Å². The molecule has 1 aromatic heterocycles. The molecule has 1 aromatic carbocycles. The first-order valence-electron chi connectivity index (χ1n) is 5.57. The molecular weight excluding hydrogens is 248 g/mol. The molecule has 0 bridgehead atoms. The molecule has 0 radical (unpaired) electrons. The fourth-order valence-electron chi connectivity index (χ4n) is 1.76. The van der Waals surface area contributed by atoms with E-state index in [4.69, 9.17) is 5.84 Å². The lowest BCUT2D eigenvalue weighted by Gasteiger charge is -2.08. The van der Waals surface area contributed by atoms with Gasteiger partial charge in [-0.1, -0.05) is 6.07 Å². The molecule has 0 unspecified atom stereocenters. The number of nitrogens with one attached hydrogen (secondary N) is 2. The Morgan fingerprint density at radius 1 is 1.47 bits per heavy atom. The van der Waals surface area contributed by atoms with E-state index in [2.05, 4.69) is 15.8 Å². The van der Waals surface area contributed by atoms with Crippen LogP contribution in [0.2, 0.25) is 0 Å². The molecule has 0 aliphatic carbocycles. The Labute approximate surface area is 109 Å². The number of anilines is 2. The number of nitro benzene ring substituents is 1. The van der Waals surface area contributed by atoms with Gasteiger partial charge in [0.2, 0.25) is 0 Å². The van der Waals surface area contributed by atoms with Crippen molar-refractivity contribution in [1.29, 1.82) is 0 Å². The molecule has 4 N–H and O–H groups in total. The highest BCUT2D eigenvalue weighted by Gasteiger charge is 2.18. The number of nitro groups is 1. The maximum atomic E-state index is 11.1. The molecule has 2 aromatic rings. The van der Waals surface area contributed by atoms with Crippen LogP contribution in [0.5, 0.6) is 0 Å². The monoisotopic (exact) mass is 262 g/mol. The maximum Gasteiger partial charge on any atom is 0.316 e. The summed E-state index contributed by atoms with van der Waals surface area (Å²) in [5.74, 6) is 5.27. The zero-order chi connectivity index (χ0) is 13.8. The minimum Gasteiger partial charge on any atom is -0.375 e. The second-order valence-electron chi connectivity index (χ2n) is 3.98. The second-order valence-corrected chi connectivity index (χ2v) is 3.98. The van der Waals surface area contributed by atoms with Gasteiger partial charge in [-0.2, -0.15) is 5.10 Å². The van der Waals surface area contributed by atoms with Crippen LogP contribution in [0.15, 0.2) is 30.6 Å². The van der Waals surface area contributed by atoms with Gasteiger partial charge in [0.25, 0.3) is 0 Å². The van der Waals surface area contributed by atoms with Gasteiger partial charge in [-0.3, -0.25) is 20.6 Å². The van der Waals surface area contributed by atoms with Crippen molar-refractivity contribution in [3.63, 3.8) is 0 Å². The van der Waals surface area contributed by atoms with Gasteiger partial charge in [0.1, 0.15) is 11.4 Å². The molecular formula is C11H14N6O2. The Kier molecular flexibility index (Phi) is 3.62. The lowest BCUT2D eigenvalue weighted by atomic mass is 10.2. The third kappa shape index (κ3) is 2.80. The van der Waals surface area contributed by atoms with E-state index in [1.165, 1.54) is 0 Å².